The van der Waals surface area contributed by atoms with Crippen molar-refractivity contribution in [3.63, 3.8) is 0 Å². The SMILES string of the molecule is Cc1cc(S(=O)(=O)[O-])ccc1NNS(=O)(=O)[O-].[Na+].[Na+]. The van der Waals surface area contributed by atoms with Gasteiger partial charge in [0.15, 0.2) is 10.3 Å². The molecule has 0 aliphatic rings. The smallest absolute Gasteiger partial charge is 0.744 e. The molecule has 1 rings (SSSR count). The van der Waals surface area contributed by atoms with Crippen LogP contribution in [0.15, 0.2) is 23.1 Å². The Labute approximate surface area is 155 Å². The number of aryl methyl sites for hydroxylation is 1. The molecule has 0 radical (unpaired) electrons. The molecule has 96 valence electrons. The Bertz CT molecular complexity index is 631. The van der Waals surface area contributed by atoms with E-state index in [2.05, 4.69) is 5.43 Å². The number of hydrogen-bond donors (Lipinski definition) is 2. The third-order valence-corrected chi connectivity index (χ3v) is 2.98. The molecular formula is C7H8N2Na2O6S2. The molecule has 0 fully saturated rings. The summed E-state index contributed by atoms with van der Waals surface area (Å²) in [5.41, 5.74) is 2.54. The molecule has 0 saturated carbocycles. The first-order chi connectivity index (χ1) is 7.59. The molecule has 0 heterocycles. The van der Waals surface area contributed by atoms with Crippen molar-refractivity contribution >= 4 is 26.1 Å². The maximum Gasteiger partial charge on any atom is 1.00 e. The molecular weight excluding hydrogens is 318 g/mol. The van der Waals surface area contributed by atoms with E-state index in [0.29, 0.717) is 0 Å². The number of nitrogens with one attached hydrogen (secondary N) is 2. The van der Waals surface area contributed by atoms with Gasteiger partial charge in [0.1, 0.15) is 10.1 Å². The average molecular weight is 326 g/mol. The normalized spacial score (nSPS) is 11.1. The quantitative estimate of drug-likeness (QED) is 0.318. The minimum Gasteiger partial charge on any atom is -0.744 e. The van der Waals surface area contributed by atoms with E-state index in [1.807, 2.05) is 0 Å². The van der Waals surface area contributed by atoms with Crippen molar-refractivity contribution in [3.05, 3.63) is 23.8 Å². The molecule has 12 heteroatoms. The maximum absolute atomic E-state index is 10.7. The van der Waals surface area contributed by atoms with Gasteiger partial charge in [0.2, 0.25) is 0 Å². The molecule has 0 bridgehead atoms. The Balaban J connectivity index is 0. The van der Waals surface area contributed by atoms with Gasteiger partial charge in [0, 0.05) is 0 Å². The van der Waals surface area contributed by atoms with Crippen molar-refractivity contribution in [2.75, 3.05) is 5.43 Å². The van der Waals surface area contributed by atoms with Crippen LogP contribution in [0.25, 0.3) is 0 Å². The molecule has 0 aliphatic heterocycles. The summed E-state index contributed by atoms with van der Waals surface area (Å²) >= 11 is 0. The summed E-state index contributed by atoms with van der Waals surface area (Å²) in [6.07, 6.45) is 0. The van der Waals surface area contributed by atoms with Gasteiger partial charge in [-0.05, 0) is 30.7 Å². The van der Waals surface area contributed by atoms with Gasteiger partial charge in [0.25, 0.3) is 0 Å². The molecule has 1 aromatic rings. The predicted octanol–water partition coefficient (Wildman–Crippen LogP) is -6.72. The molecule has 1 aromatic carbocycles. The first kappa shape index (κ1) is 22.1. The van der Waals surface area contributed by atoms with E-state index in [0.717, 1.165) is 18.2 Å². The molecule has 8 nitrogen and oxygen atoms in total. The van der Waals surface area contributed by atoms with E-state index in [1.54, 1.807) is 0 Å². The Morgan fingerprint density at radius 2 is 1.58 bits per heavy atom. The molecule has 0 aromatic heterocycles. The average Bonchev–Trinajstić information content (AvgIpc) is 2.12. The van der Waals surface area contributed by atoms with Gasteiger partial charge in [0.05, 0.1) is 10.6 Å². The number of hydrazine groups is 1. The predicted molar refractivity (Wildman–Crippen MR) is 55.6 cm³/mol. The first-order valence-electron chi connectivity index (χ1n) is 4.15. The summed E-state index contributed by atoms with van der Waals surface area (Å²) in [5.74, 6) is 0. The van der Waals surface area contributed by atoms with Gasteiger partial charge >= 0.3 is 59.1 Å². The zero-order valence-electron chi connectivity index (χ0n) is 10.5. The van der Waals surface area contributed by atoms with E-state index in [-0.39, 0.29) is 70.4 Å². The Kier molecular flexibility index (Phi) is 9.64. The molecule has 2 N–H and O–H groups in total. The second kappa shape index (κ2) is 8.29. The molecule has 0 unspecified atom stereocenters. The zero-order chi connectivity index (χ0) is 13.3. The summed E-state index contributed by atoms with van der Waals surface area (Å²) < 4.78 is 62.8. The van der Waals surface area contributed by atoms with E-state index < -0.39 is 25.3 Å². The van der Waals surface area contributed by atoms with Gasteiger partial charge < -0.3 is 14.5 Å². The second-order valence-corrected chi connectivity index (χ2v) is 5.60. The van der Waals surface area contributed by atoms with Crippen LogP contribution in [0.2, 0.25) is 0 Å². The van der Waals surface area contributed by atoms with Crippen LogP contribution in [0.1, 0.15) is 5.56 Å². The van der Waals surface area contributed by atoms with Crippen LogP contribution in [0.3, 0.4) is 0 Å². The van der Waals surface area contributed by atoms with Crippen LogP contribution in [0.4, 0.5) is 5.69 Å². The summed E-state index contributed by atoms with van der Waals surface area (Å²) in [5, 5.41) is 0. The van der Waals surface area contributed by atoms with E-state index in [1.165, 1.54) is 11.8 Å². The van der Waals surface area contributed by atoms with Gasteiger partial charge in [-0.3, -0.25) is 0 Å². The van der Waals surface area contributed by atoms with Crippen LogP contribution in [0, 0.1) is 6.92 Å². The summed E-state index contributed by atoms with van der Waals surface area (Å²) in [6.45, 7) is 1.44. The second-order valence-electron chi connectivity index (χ2n) is 3.11. The van der Waals surface area contributed by atoms with Crippen molar-refractivity contribution in [2.24, 2.45) is 0 Å². The van der Waals surface area contributed by atoms with Gasteiger partial charge in [-0.15, -0.1) is 4.83 Å². The van der Waals surface area contributed by atoms with Gasteiger partial charge in [-0.1, -0.05) is 0 Å². The fourth-order valence-electron chi connectivity index (χ4n) is 1.05. The van der Waals surface area contributed by atoms with Crippen LogP contribution >= 0.6 is 0 Å². The molecule has 0 atom stereocenters. The van der Waals surface area contributed by atoms with E-state index in [9.17, 15) is 25.9 Å². The number of anilines is 1. The zero-order valence-corrected chi connectivity index (χ0v) is 16.1. The summed E-state index contributed by atoms with van der Waals surface area (Å²) in [7, 11) is -9.23. The van der Waals surface area contributed by atoms with Crippen LogP contribution in [-0.2, 0) is 20.4 Å². The molecule has 0 saturated heterocycles. The Morgan fingerprint density at radius 1 is 1.05 bits per heavy atom. The topological polar surface area (TPSA) is 138 Å². The van der Waals surface area contributed by atoms with Crippen molar-refractivity contribution < 1.29 is 85.1 Å². The monoisotopic (exact) mass is 326 g/mol. The summed E-state index contributed by atoms with van der Waals surface area (Å²) in [6, 6.07) is 3.22. The van der Waals surface area contributed by atoms with Gasteiger partial charge in [-0.2, -0.15) is 0 Å². The number of benzene rings is 1. The molecule has 0 amide bonds. The van der Waals surface area contributed by atoms with Crippen LogP contribution < -0.4 is 69.4 Å². The standard InChI is InChI=1S/C7H10N2O6S2.2Na/c1-5-4-6(16(10,11)12)2-3-7(5)8-9-17(13,14)15;;/h2-4,8-9H,1H3,(H,10,11,12)(H,13,14,15);;/q;2*+1/p-2. The van der Waals surface area contributed by atoms with Crippen molar-refractivity contribution in [1.29, 1.82) is 0 Å². The van der Waals surface area contributed by atoms with Crippen molar-refractivity contribution in [1.82, 2.24) is 4.83 Å². The fourth-order valence-corrected chi connectivity index (χ4v) is 1.84. The van der Waals surface area contributed by atoms with Crippen molar-refractivity contribution in [2.45, 2.75) is 11.8 Å². The molecule has 19 heavy (non-hydrogen) atoms. The third-order valence-electron chi connectivity index (χ3n) is 1.80. The third kappa shape index (κ3) is 7.97. The Hall–Kier alpha value is 0.800. The summed E-state index contributed by atoms with van der Waals surface area (Å²) in [4.78, 5) is 1.04. The molecule has 0 aliphatic carbocycles. The minimum absolute atomic E-state index is 0. The number of rotatable bonds is 4. The molecule has 0 spiro atoms. The fraction of sp³-hybridized carbons (Fsp3) is 0.143. The van der Waals surface area contributed by atoms with E-state index >= 15 is 0 Å². The first-order valence-corrected chi connectivity index (χ1v) is 6.96. The maximum atomic E-state index is 10.7. The van der Waals surface area contributed by atoms with Crippen LogP contribution in [-0.4, -0.2) is 25.9 Å². The Morgan fingerprint density at radius 3 is 1.95 bits per heavy atom. The number of hydrogen-bond acceptors (Lipinski definition) is 7. The van der Waals surface area contributed by atoms with Crippen molar-refractivity contribution in [3.8, 4) is 0 Å². The largest absolute Gasteiger partial charge is 1.00 e. The van der Waals surface area contributed by atoms with E-state index in [4.69, 9.17) is 0 Å². The minimum atomic E-state index is -4.67. The van der Waals surface area contributed by atoms with Crippen LogP contribution in [0.5, 0.6) is 0 Å². The van der Waals surface area contributed by atoms with Gasteiger partial charge in [-0.25, -0.2) is 16.8 Å².